The number of hydrogen-bond acceptors (Lipinski definition) is 3. The predicted octanol–water partition coefficient (Wildman–Crippen LogP) is 2.71. The third kappa shape index (κ3) is 3.45. The van der Waals surface area contributed by atoms with Crippen molar-refractivity contribution in [1.82, 2.24) is 0 Å². The van der Waals surface area contributed by atoms with Gasteiger partial charge in [0.25, 0.3) is 0 Å². The zero-order valence-electron chi connectivity index (χ0n) is 11.7. The lowest BCUT2D eigenvalue weighted by Gasteiger charge is -2.30. The first-order chi connectivity index (χ1) is 9.09. The summed E-state index contributed by atoms with van der Waals surface area (Å²) in [6, 6.07) is 4.87. The molecule has 0 amide bonds. The summed E-state index contributed by atoms with van der Waals surface area (Å²) in [5.74, 6) is 0.397. The highest BCUT2D eigenvalue weighted by atomic mass is 19.1. The van der Waals surface area contributed by atoms with Gasteiger partial charge in [-0.1, -0.05) is 6.07 Å². The highest BCUT2D eigenvalue weighted by Gasteiger charge is 2.19. The summed E-state index contributed by atoms with van der Waals surface area (Å²) in [6.45, 7) is 4.42. The summed E-state index contributed by atoms with van der Waals surface area (Å²) >= 11 is 0. The average molecular weight is 266 g/mol. The van der Waals surface area contributed by atoms with E-state index in [1.165, 1.54) is 6.07 Å². The molecule has 106 valence electrons. The molecule has 0 bridgehead atoms. The summed E-state index contributed by atoms with van der Waals surface area (Å²) in [5.41, 5.74) is 7.41. The van der Waals surface area contributed by atoms with E-state index in [1.807, 2.05) is 20.0 Å². The molecule has 1 aromatic rings. The van der Waals surface area contributed by atoms with E-state index >= 15 is 0 Å². The third-order valence-electron chi connectivity index (χ3n) is 3.77. The Balaban J connectivity index is 2.13. The van der Waals surface area contributed by atoms with Crippen molar-refractivity contribution in [3.63, 3.8) is 0 Å². The topological polar surface area (TPSA) is 38.5 Å². The lowest BCUT2D eigenvalue weighted by Crippen LogP contribution is -2.30. The molecule has 2 rings (SSSR count). The van der Waals surface area contributed by atoms with Crippen molar-refractivity contribution in [3.05, 3.63) is 29.6 Å². The molecule has 4 heteroatoms. The van der Waals surface area contributed by atoms with Crippen LogP contribution in [0.1, 0.15) is 31.4 Å². The van der Waals surface area contributed by atoms with Crippen LogP contribution in [0.25, 0.3) is 0 Å². The number of anilines is 1. The average Bonchev–Trinajstić information content (AvgIpc) is 2.39. The lowest BCUT2D eigenvalue weighted by molar-refractivity contribution is 0.0685. The van der Waals surface area contributed by atoms with E-state index in [-0.39, 0.29) is 11.9 Å². The second-order valence-electron chi connectivity index (χ2n) is 5.40. The minimum absolute atomic E-state index is 0.216. The Morgan fingerprint density at radius 1 is 1.42 bits per heavy atom. The van der Waals surface area contributed by atoms with Gasteiger partial charge in [0.1, 0.15) is 5.82 Å². The van der Waals surface area contributed by atoms with Gasteiger partial charge in [-0.05, 0) is 37.8 Å². The standard InChI is InChI=1S/C15H23FN2O/c1-11(17)15-13(16)4-3-5-14(15)18(2)10-12-6-8-19-9-7-12/h3-5,11-12H,6-10,17H2,1-2H3/t11-/m1/s1. The Morgan fingerprint density at radius 2 is 2.11 bits per heavy atom. The summed E-state index contributed by atoms with van der Waals surface area (Å²) in [5, 5.41) is 0. The molecule has 19 heavy (non-hydrogen) atoms. The van der Waals surface area contributed by atoms with Gasteiger partial charge >= 0.3 is 0 Å². The van der Waals surface area contributed by atoms with Crippen molar-refractivity contribution in [2.24, 2.45) is 11.7 Å². The van der Waals surface area contributed by atoms with E-state index in [0.717, 1.165) is 38.3 Å². The van der Waals surface area contributed by atoms with Crippen molar-refractivity contribution in [1.29, 1.82) is 0 Å². The maximum absolute atomic E-state index is 13.9. The van der Waals surface area contributed by atoms with Crippen LogP contribution >= 0.6 is 0 Å². The van der Waals surface area contributed by atoms with Gasteiger partial charge in [-0.25, -0.2) is 4.39 Å². The van der Waals surface area contributed by atoms with Gasteiger partial charge in [0.05, 0.1) is 0 Å². The molecule has 1 aromatic carbocycles. The van der Waals surface area contributed by atoms with E-state index in [4.69, 9.17) is 10.5 Å². The van der Waals surface area contributed by atoms with E-state index in [2.05, 4.69) is 4.90 Å². The van der Waals surface area contributed by atoms with Gasteiger partial charge in [0, 0.05) is 44.1 Å². The first kappa shape index (κ1) is 14.3. The number of ether oxygens (including phenoxy) is 1. The van der Waals surface area contributed by atoms with E-state index < -0.39 is 0 Å². The van der Waals surface area contributed by atoms with E-state index in [9.17, 15) is 4.39 Å². The van der Waals surface area contributed by atoms with Gasteiger partial charge in [-0.15, -0.1) is 0 Å². The Morgan fingerprint density at radius 3 is 2.74 bits per heavy atom. The highest BCUT2D eigenvalue weighted by Crippen LogP contribution is 2.28. The third-order valence-corrected chi connectivity index (χ3v) is 3.77. The van der Waals surface area contributed by atoms with Gasteiger partial charge in [0.2, 0.25) is 0 Å². The molecule has 1 heterocycles. The van der Waals surface area contributed by atoms with Crippen LogP contribution in [-0.4, -0.2) is 26.8 Å². The van der Waals surface area contributed by atoms with Crippen molar-refractivity contribution in [2.45, 2.75) is 25.8 Å². The number of hydrogen-bond donors (Lipinski definition) is 1. The zero-order valence-corrected chi connectivity index (χ0v) is 11.7. The molecule has 1 aliphatic heterocycles. The number of rotatable bonds is 4. The molecule has 0 unspecified atom stereocenters. The Labute approximate surface area is 114 Å². The molecule has 1 fully saturated rings. The minimum Gasteiger partial charge on any atom is -0.381 e. The maximum Gasteiger partial charge on any atom is 0.130 e. The molecule has 2 N–H and O–H groups in total. The predicted molar refractivity (Wildman–Crippen MR) is 75.8 cm³/mol. The molecule has 0 aromatic heterocycles. The number of nitrogens with zero attached hydrogens (tertiary/aromatic N) is 1. The molecule has 3 nitrogen and oxygen atoms in total. The zero-order chi connectivity index (χ0) is 13.8. The minimum atomic E-state index is -0.298. The first-order valence-corrected chi connectivity index (χ1v) is 6.92. The Hall–Kier alpha value is -1.13. The summed E-state index contributed by atoms with van der Waals surface area (Å²) in [7, 11) is 2.01. The number of nitrogens with two attached hydrogens (primary N) is 1. The molecule has 1 saturated heterocycles. The lowest BCUT2D eigenvalue weighted by atomic mass is 9.98. The van der Waals surface area contributed by atoms with Crippen molar-refractivity contribution >= 4 is 5.69 Å². The fourth-order valence-electron chi connectivity index (χ4n) is 2.72. The fraction of sp³-hybridized carbons (Fsp3) is 0.600. The SMILES string of the molecule is C[C@@H](N)c1c(F)cccc1N(C)CC1CCOCC1. The van der Waals surface area contributed by atoms with Crippen LogP contribution in [0.2, 0.25) is 0 Å². The van der Waals surface area contributed by atoms with Crippen LogP contribution in [0.5, 0.6) is 0 Å². The number of benzene rings is 1. The van der Waals surface area contributed by atoms with Gasteiger partial charge in [0.15, 0.2) is 0 Å². The van der Waals surface area contributed by atoms with Crippen LogP contribution in [0.4, 0.5) is 10.1 Å². The molecular formula is C15H23FN2O. The van der Waals surface area contributed by atoms with Gasteiger partial charge in [-0.3, -0.25) is 0 Å². The summed E-state index contributed by atoms with van der Waals surface area (Å²) in [4.78, 5) is 2.12. The molecule has 0 spiro atoms. The van der Waals surface area contributed by atoms with Crippen LogP contribution in [0.15, 0.2) is 18.2 Å². The van der Waals surface area contributed by atoms with Crippen LogP contribution in [0.3, 0.4) is 0 Å². The molecule has 1 atom stereocenters. The monoisotopic (exact) mass is 266 g/mol. The molecule has 0 radical (unpaired) electrons. The highest BCUT2D eigenvalue weighted by molar-refractivity contribution is 5.55. The first-order valence-electron chi connectivity index (χ1n) is 6.92. The van der Waals surface area contributed by atoms with Crippen molar-refractivity contribution < 1.29 is 9.13 Å². The van der Waals surface area contributed by atoms with Crippen LogP contribution < -0.4 is 10.6 Å². The second kappa shape index (κ2) is 6.35. The van der Waals surface area contributed by atoms with Gasteiger partial charge in [-0.2, -0.15) is 0 Å². The molecular weight excluding hydrogens is 243 g/mol. The maximum atomic E-state index is 13.9. The number of halogens is 1. The molecule has 1 aliphatic rings. The fourth-order valence-corrected chi connectivity index (χ4v) is 2.72. The summed E-state index contributed by atoms with van der Waals surface area (Å²) < 4.78 is 19.3. The normalized spacial score (nSPS) is 18.3. The van der Waals surface area contributed by atoms with Crippen molar-refractivity contribution in [3.8, 4) is 0 Å². The largest absolute Gasteiger partial charge is 0.381 e. The Kier molecular flexibility index (Phi) is 4.77. The van der Waals surface area contributed by atoms with E-state index in [1.54, 1.807) is 6.07 Å². The van der Waals surface area contributed by atoms with Crippen LogP contribution in [-0.2, 0) is 4.74 Å². The summed E-state index contributed by atoms with van der Waals surface area (Å²) in [6.07, 6.45) is 2.15. The quantitative estimate of drug-likeness (QED) is 0.910. The Bertz CT molecular complexity index is 417. The molecule has 0 saturated carbocycles. The second-order valence-corrected chi connectivity index (χ2v) is 5.40. The van der Waals surface area contributed by atoms with E-state index in [0.29, 0.717) is 11.5 Å². The smallest absolute Gasteiger partial charge is 0.130 e. The molecule has 0 aliphatic carbocycles. The van der Waals surface area contributed by atoms with Crippen LogP contribution in [0, 0.1) is 11.7 Å². The van der Waals surface area contributed by atoms with Gasteiger partial charge < -0.3 is 15.4 Å². The van der Waals surface area contributed by atoms with Crippen molar-refractivity contribution in [2.75, 3.05) is 31.7 Å².